The Hall–Kier alpha value is -5.48. The fourth-order valence-corrected chi connectivity index (χ4v) is 9.06. The Bertz CT molecular complexity index is 2330. The van der Waals surface area contributed by atoms with Gasteiger partial charge in [-0.1, -0.05) is 60.7 Å². The van der Waals surface area contributed by atoms with Crippen LogP contribution >= 0.6 is 0 Å². The van der Waals surface area contributed by atoms with E-state index in [1.807, 2.05) is 38.1 Å². The second kappa shape index (κ2) is 18.0. The van der Waals surface area contributed by atoms with Gasteiger partial charge in [0.1, 0.15) is 49.4 Å². The summed E-state index contributed by atoms with van der Waals surface area (Å²) in [5.74, 6) is 3.59. The minimum atomic E-state index is 0.506. The SMILES string of the molecule is Cc1cc(CCc2ccc3c(c2)CC3)c(C)cc1CCc1ccc2c(c1)CC2.Cc1cc(OCCOc2ccc3c(c2)CC3)c(C)cc1OCCOc1ccc2c(c1)CC2. The van der Waals surface area contributed by atoms with Crippen molar-refractivity contribution < 1.29 is 18.9 Å². The van der Waals surface area contributed by atoms with E-state index in [-0.39, 0.29) is 0 Å². The second-order valence-electron chi connectivity index (χ2n) is 17.5. The van der Waals surface area contributed by atoms with Crippen LogP contribution in [0.5, 0.6) is 23.0 Å². The normalized spacial score (nSPS) is 13.7. The molecule has 0 amide bonds. The summed E-state index contributed by atoms with van der Waals surface area (Å²) in [6, 6.07) is 35.9. The molecule has 0 aromatic heterocycles. The maximum Gasteiger partial charge on any atom is 0.122 e. The largest absolute Gasteiger partial charge is 0.490 e. The van der Waals surface area contributed by atoms with Crippen LogP contribution in [-0.2, 0) is 77.0 Å². The van der Waals surface area contributed by atoms with Crippen LogP contribution in [0.25, 0.3) is 0 Å². The topological polar surface area (TPSA) is 36.9 Å². The first-order valence-corrected chi connectivity index (χ1v) is 22.5. The maximum atomic E-state index is 5.97. The van der Waals surface area contributed by atoms with Gasteiger partial charge in [0.05, 0.1) is 0 Å². The Morgan fingerprint density at radius 2 is 0.667 bits per heavy atom. The molecular weight excluding hydrogens is 737 g/mol. The van der Waals surface area contributed by atoms with Gasteiger partial charge in [0, 0.05) is 0 Å². The van der Waals surface area contributed by atoms with Crippen molar-refractivity contribution >= 4 is 0 Å². The number of aryl methyl sites for hydroxylation is 16. The van der Waals surface area contributed by atoms with E-state index >= 15 is 0 Å². The van der Waals surface area contributed by atoms with Gasteiger partial charge in [0.2, 0.25) is 0 Å². The number of hydrogen-bond donors (Lipinski definition) is 0. The van der Waals surface area contributed by atoms with E-state index in [4.69, 9.17) is 18.9 Å². The average Bonchev–Trinajstić information content (AvgIpc) is 3.20. The molecule has 0 unspecified atom stereocenters. The lowest BCUT2D eigenvalue weighted by atomic mass is 9.85. The highest BCUT2D eigenvalue weighted by Gasteiger charge is 2.17. The first-order chi connectivity index (χ1) is 29.3. The molecule has 0 heterocycles. The Morgan fingerprint density at radius 1 is 0.317 bits per heavy atom. The molecule has 0 aliphatic heterocycles. The predicted octanol–water partition coefficient (Wildman–Crippen LogP) is 11.5. The first kappa shape index (κ1) is 40.0. The van der Waals surface area contributed by atoms with Crippen LogP contribution in [-0.4, -0.2) is 26.4 Å². The minimum absolute atomic E-state index is 0.506. The maximum absolute atomic E-state index is 5.97. The van der Waals surface area contributed by atoms with E-state index in [1.54, 1.807) is 22.3 Å². The molecule has 0 atom stereocenters. The third kappa shape index (κ3) is 9.29. The Morgan fingerprint density at radius 3 is 1.02 bits per heavy atom. The van der Waals surface area contributed by atoms with Crippen LogP contribution < -0.4 is 18.9 Å². The molecule has 0 saturated heterocycles. The van der Waals surface area contributed by atoms with Crippen molar-refractivity contribution in [3.05, 3.63) is 186 Å². The van der Waals surface area contributed by atoms with Crippen molar-refractivity contribution in [2.75, 3.05) is 26.4 Å². The lowest BCUT2D eigenvalue weighted by Gasteiger charge is -2.20. The minimum Gasteiger partial charge on any atom is -0.490 e. The molecule has 6 aromatic carbocycles. The standard InChI is InChI=1S/C28H30O4.C28H30/c1-19-15-28(32-14-12-30-26-10-8-22-4-6-24(22)18-26)20(2)16-27(19)31-13-11-29-25-9-7-21-3-5-23(21)17-25;1-19-15-26(10-6-22-4-8-24-12-14-28(24)18-22)20(2)16-25(19)9-5-21-3-7-23-11-13-27(23)17-21/h7-10,15-18H,3-6,11-14H2,1-2H3;3-4,7-8,15-18H,5-6,9-14H2,1-2H3. The van der Waals surface area contributed by atoms with Gasteiger partial charge < -0.3 is 18.9 Å². The molecule has 60 heavy (non-hydrogen) atoms. The van der Waals surface area contributed by atoms with E-state index in [0.29, 0.717) is 26.4 Å². The summed E-state index contributed by atoms with van der Waals surface area (Å²) < 4.78 is 23.6. The van der Waals surface area contributed by atoms with Gasteiger partial charge in [0.15, 0.2) is 0 Å². The van der Waals surface area contributed by atoms with E-state index < -0.39 is 0 Å². The fourth-order valence-electron chi connectivity index (χ4n) is 9.06. The summed E-state index contributed by atoms with van der Waals surface area (Å²) in [6.45, 7) is 10.7. The Balaban J connectivity index is 0.000000155. The molecule has 0 spiro atoms. The quantitative estimate of drug-likeness (QED) is 0.0914. The van der Waals surface area contributed by atoms with Crippen molar-refractivity contribution in [1.82, 2.24) is 0 Å². The number of ether oxygens (including phenoxy) is 4. The van der Waals surface area contributed by atoms with Crippen molar-refractivity contribution in [3.8, 4) is 23.0 Å². The van der Waals surface area contributed by atoms with Crippen LogP contribution in [0.15, 0.2) is 97.1 Å². The van der Waals surface area contributed by atoms with E-state index in [9.17, 15) is 0 Å². The van der Waals surface area contributed by atoms with Gasteiger partial charge in [-0.25, -0.2) is 0 Å². The summed E-state index contributed by atoms with van der Waals surface area (Å²) in [6.07, 6.45) is 14.4. The Kier molecular flexibility index (Phi) is 12.0. The lowest BCUT2D eigenvalue weighted by molar-refractivity contribution is 0.211. The molecule has 0 fully saturated rings. The highest BCUT2D eigenvalue weighted by Crippen LogP contribution is 2.31. The third-order valence-electron chi connectivity index (χ3n) is 13.4. The zero-order chi connectivity index (χ0) is 41.0. The third-order valence-corrected chi connectivity index (χ3v) is 13.4. The molecule has 6 aromatic rings. The second-order valence-corrected chi connectivity index (χ2v) is 17.5. The van der Waals surface area contributed by atoms with Crippen molar-refractivity contribution in [2.24, 2.45) is 0 Å². The van der Waals surface area contributed by atoms with Gasteiger partial charge in [-0.05, 0) is 230 Å². The highest BCUT2D eigenvalue weighted by molar-refractivity contribution is 5.46. The van der Waals surface area contributed by atoms with Gasteiger partial charge in [-0.2, -0.15) is 0 Å². The molecule has 10 rings (SSSR count). The highest BCUT2D eigenvalue weighted by atomic mass is 16.5. The molecule has 4 aliphatic rings. The molecule has 4 nitrogen and oxygen atoms in total. The van der Waals surface area contributed by atoms with Gasteiger partial charge >= 0.3 is 0 Å². The van der Waals surface area contributed by atoms with Crippen LogP contribution in [0, 0.1) is 27.7 Å². The first-order valence-electron chi connectivity index (χ1n) is 22.5. The van der Waals surface area contributed by atoms with E-state index in [0.717, 1.165) is 72.6 Å². The van der Waals surface area contributed by atoms with Crippen LogP contribution in [0.1, 0.15) is 89.0 Å². The molecular formula is C56H60O4. The van der Waals surface area contributed by atoms with E-state index in [1.165, 1.54) is 94.2 Å². The summed E-state index contributed by atoms with van der Waals surface area (Å²) in [7, 11) is 0. The molecule has 0 N–H and O–H groups in total. The summed E-state index contributed by atoms with van der Waals surface area (Å²) in [5, 5.41) is 0. The molecule has 0 saturated carbocycles. The zero-order valence-corrected chi connectivity index (χ0v) is 36.2. The lowest BCUT2D eigenvalue weighted by Crippen LogP contribution is -2.13. The number of rotatable bonds is 16. The fraction of sp³-hybridized carbons (Fsp3) is 0.357. The van der Waals surface area contributed by atoms with Crippen LogP contribution in [0.4, 0.5) is 0 Å². The zero-order valence-electron chi connectivity index (χ0n) is 36.2. The summed E-state index contributed by atoms with van der Waals surface area (Å²) in [4.78, 5) is 0. The molecule has 4 heteroatoms. The smallest absolute Gasteiger partial charge is 0.122 e. The number of benzene rings is 6. The molecule has 4 aliphatic carbocycles. The molecule has 0 bridgehead atoms. The van der Waals surface area contributed by atoms with Crippen LogP contribution in [0.2, 0.25) is 0 Å². The summed E-state index contributed by atoms with van der Waals surface area (Å²) in [5.41, 5.74) is 23.1. The number of fused-ring (bicyclic) bond motifs is 4. The van der Waals surface area contributed by atoms with Crippen molar-refractivity contribution in [1.29, 1.82) is 0 Å². The van der Waals surface area contributed by atoms with Gasteiger partial charge in [-0.3, -0.25) is 0 Å². The molecule has 0 radical (unpaired) electrons. The van der Waals surface area contributed by atoms with E-state index in [2.05, 4.69) is 86.6 Å². The molecule has 308 valence electrons. The monoisotopic (exact) mass is 796 g/mol. The summed E-state index contributed by atoms with van der Waals surface area (Å²) >= 11 is 0. The van der Waals surface area contributed by atoms with Gasteiger partial charge in [-0.15, -0.1) is 0 Å². The predicted molar refractivity (Wildman–Crippen MR) is 244 cm³/mol. The average molecular weight is 797 g/mol. The Labute approximate surface area is 357 Å². The number of hydrogen-bond acceptors (Lipinski definition) is 4. The van der Waals surface area contributed by atoms with Crippen LogP contribution in [0.3, 0.4) is 0 Å². The van der Waals surface area contributed by atoms with Gasteiger partial charge in [0.25, 0.3) is 0 Å². The van der Waals surface area contributed by atoms with Crippen molar-refractivity contribution in [3.63, 3.8) is 0 Å². The van der Waals surface area contributed by atoms with Crippen molar-refractivity contribution in [2.45, 2.75) is 105 Å².